The molecule has 1 fully saturated rings. The van der Waals surface area contributed by atoms with Gasteiger partial charge in [0.1, 0.15) is 5.75 Å². The average molecular weight is 349 g/mol. The highest BCUT2D eigenvalue weighted by molar-refractivity contribution is 5.30. The van der Waals surface area contributed by atoms with E-state index in [0.717, 1.165) is 12.3 Å². The minimum Gasteiger partial charge on any atom is -0.485 e. The van der Waals surface area contributed by atoms with E-state index in [4.69, 9.17) is 9.26 Å². The Morgan fingerprint density at radius 2 is 1.85 bits per heavy atom. The first kappa shape index (κ1) is 16.8. The van der Waals surface area contributed by atoms with E-state index in [0.29, 0.717) is 18.3 Å². The third kappa shape index (κ3) is 3.63. The number of rotatable bonds is 7. The number of aryl methyl sites for hydroxylation is 1. The van der Waals surface area contributed by atoms with Gasteiger partial charge >= 0.3 is 0 Å². The van der Waals surface area contributed by atoms with E-state index < -0.39 is 0 Å². The van der Waals surface area contributed by atoms with Crippen LogP contribution in [0.1, 0.15) is 42.1 Å². The highest BCUT2D eigenvalue weighted by Crippen LogP contribution is 2.41. The molecule has 0 saturated heterocycles. The van der Waals surface area contributed by atoms with Gasteiger partial charge < -0.3 is 14.6 Å². The smallest absolute Gasteiger partial charge is 0.223 e. The van der Waals surface area contributed by atoms with Crippen LogP contribution in [0.2, 0.25) is 0 Å². The molecule has 1 aromatic heterocycles. The molecule has 1 heterocycles. The summed E-state index contributed by atoms with van der Waals surface area (Å²) < 4.78 is 10.6. The molecule has 5 nitrogen and oxygen atoms in total. The molecular formula is C21H23N3O2. The van der Waals surface area contributed by atoms with Gasteiger partial charge in [0, 0.05) is 19.0 Å². The van der Waals surface area contributed by atoms with Crippen molar-refractivity contribution in [2.75, 3.05) is 0 Å². The van der Waals surface area contributed by atoms with Crippen LogP contribution < -0.4 is 10.1 Å². The molecule has 4 rings (SSSR count). The summed E-state index contributed by atoms with van der Waals surface area (Å²) in [6, 6.07) is 18.9. The van der Waals surface area contributed by atoms with Gasteiger partial charge in [-0.15, -0.1) is 0 Å². The number of aromatic nitrogens is 2. The highest BCUT2D eigenvalue weighted by Gasteiger charge is 2.37. The molecule has 0 aliphatic heterocycles. The van der Waals surface area contributed by atoms with E-state index in [1.807, 2.05) is 12.1 Å². The molecule has 1 saturated carbocycles. The van der Waals surface area contributed by atoms with Crippen molar-refractivity contribution in [3.8, 4) is 5.75 Å². The SMILES string of the molecule is Cc1nc(COc2ccc(CNC3(c4ccccc4)CCC3)cc2)no1. The Balaban J connectivity index is 1.34. The van der Waals surface area contributed by atoms with E-state index in [1.165, 1.54) is 30.4 Å². The fraction of sp³-hybridized carbons (Fsp3) is 0.333. The van der Waals surface area contributed by atoms with Crippen LogP contribution in [0.25, 0.3) is 0 Å². The molecule has 26 heavy (non-hydrogen) atoms. The normalized spacial score (nSPS) is 15.4. The molecule has 0 radical (unpaired) electrons. The summed E-state index contributed by atoms with van der Waals surface area (Å²) in [5.41, 5.74) is 2.77. The molecule has 0 bridgehead atoms. The number of ether oxygens (including phenoxy) is 1. The molecule has 1 N–H and O–H groups in total. The van der Waals surface area contributed by atoms with E-state index in [2.05, 4.69) is 57.9 Å². The number of hydrogen-bond donors (Lipinski definition) is 1. The van der Waals surface area contributed by atoms with E-state index >= 15 is 0 Å². The molecule has 0 amide bonds. The third-order valence-corrected chi connectivity index (χ3v) is 5.03. The van der Waals surface area contributed by atoms with Gasteiger partial charge in [-0.1, -0.05) is 47.6 Å². The van der Waals surface area contributed by atoms with Crippen LogP contribution in [0.15, 0.2) is 59.1 Å². The molecule has 1 aliphatic rings. The lowest BCUT2D eigenvalue weighted by Crippen LogP contribution is -2.47. The lowest BCUT2D eigenvalue weighted by atomic mass is 9.71. The standard InChI is InChI=1S/C21H23N3O2/c1-16-23-20(24-26-16)15-25-19-10-8-17(9-11-19)14-22-21(12-5-13-21)18-6-3-2-4-7-18/h2-4,6-11,22H,5,12-15H2,1H3. The first-order chi connectivity index (χ1) is 12.7. The Morgan fingerprint density at radius 1 is 1.08 bits per heavy atom. The predicted molar refractivity (Wildman–Crippen MR) is 98.6 cm³/mol. The van der Waals surface area contributed by atoms with Gasteiger partial charge in [-0.05, 0) is 42.5 Å². The van der Waals surface area contributed by atoms with Gasteiger partial charge in [-0.2, -0.15) is 4.98 Å². The molecule has 134 valence electrons. The van der Waals surface area contributed by atoms with Crippen LogP contribution in [0.3, 0.4) is 0 Å². The van der Waals surface area contributed by atoms with Gasteiger partial charge in [-0.3, -0.25) is 0 Å². The highest BCUT2D eigenvalue weighted by atomic mass is 16.5. The predicted octanol–water partition coefficient (Wildman–Crippen LogP) is 4.13. The van der Waals surface area contributed by atoms with Crippen LogP contribution in [0.4, 0.5) is 0 Å². The Morgan fingerprint density at radius 3 is 2.46 bits per heavy atom. The van der Waals surface area contributed by atoms with Crippen molar-refractivity contribution >= 4 is 0 Å². The lowest BCUT2D eigenvalue weighted by Gasteiger charge is -2.43. The second-order valence-corrected chi connectivity index (χ2v) is 6.82. The molecule has 3 aromatic rings. The Bertz CT molecular complexity index is 839. The first-order valence-electron chi connectivity index (χ1n) is 9.05. The maximum absolute atomic E-state index is 5.70. The fourth-order valence-corrected chi connectivity index (χ4v) is 3.38. The minimum atomic E-state index is 0.132. The van der Waals surface area contributed by atoms with Gasteiger partial charge in [-0.25, -0.2) is 0 Å². The van der Waals surface area contributed by atoms with Gasteiger partial charge in [0.2, 0.25) is 11.7 Å². The maximum Gasteiger partial charge on any atom is 0.223 e. The van der Waals surface area contributed by atoms with Crippen LogP contribution in [0.5, 0.6) is 5.75 Å². The van der Waals surface area contributed by atoms with Crippen molar-refractivity contribution in [1.82, 2.24) is 15.5 Å². The Labute approximate surface area is 153 Å². The van der Waals surface area contributed by atoms with Crippen LogP contribution in [-0.2, 0) is 18.7 Å². The number of hydrogen-bond acceptors (Lipinski definition) is 5. The molecule has 1 aliphatic carbocycles. The summed E-state index contributed by atoms with van der Waals surface area (Å²) in [7, 11) is 0. The molecular weight excluding hydrogens is 326 g/mol. The monoisotopic (exact) mass is 349 g/mol. The van der Waals surface area contributed by atoms with Crippen molar-refractivity contribution in [2.24, 2.45) is 0 Å². The van der Waals surface area contributed by atoms with E-state index in [1.54, 1.807) is 6.92 Å². The molecule has 0 unspecified atom stereocenters. The van der Waals surface area contributed by atoms with Crippen molar-refractivity contribution in [2.45, 2.75) is 44.9 Å². The molecule has 2 aromatic carbocycles. The summed E-state index contributed by atoms with van der Waals surface area (Å²) in [5.74, 6) is 1.91. The van der Waals surface area contributed by atoms with E-state index in [9.17, 15) is 0 Å². The maximum atomic E-state index is 5.70. The Hall–Kier alpha value is -2.66. The summed E-state index contributed by atoms with van der Waals surface area (Å²) in [5, 5.41) is 7.60. The van der Waals surface area contributed by atoms with Crippen LogP contribution in [-0.4, -0.2) is 10.1 Å². The molecule has 5 heteroatoms. The Kier molecular flexibility index (Phi) is 4.71. The average Bonchev–Trinajstić information content (AvgIpc) is 3.06. The first-order valence-corrected chi connectivity index (χ1v) is 9.05. The van der Waals surface area contributed by atoms with Crippen molar-refractivity contribution in [3.63, 3.8) is 0 Å². The van der Waals surface area contributed by atoms with Crippen LogP contribution >= 0.6 is 0 Å². The number of nitrogens with one attached hydrogen (secondary N) is 1. The van der Waals surface area contributed by atoms with Gasteiger partial charge in [0.25, 0.3) is 0 Å². The van der Waals surface area contributed by atoms with Crippen LogP contribution in [0, 0.1) is 6.92 Å². The van der Waals surface area contributed by atoms with Crippen molar-refractivity contribution in [1.29, 1.82) is 0 Å². The van der Waals surface area contributed by atoms with E-state index in [-0.39, 0.29) is 5.54 Å². The van der Waals surface area contributed by atoms with Crippen molar-refractivity contribution in [3.05, 3.63) is 77.4 Å². The zero-order valence-corrected chi connectivity index (χ0v) is 14.9. The van der Waals surface area contributed by atoms with Gasteiger partial charge in [0.15, 0.2) is 6.61 Å². The summed E-state index contributed by atoms with van der Waals surface area (Å²) in [6.07, 6.45) is 3.68. The molecule has 0 atom stereocenters. The topological polar surface area (TPSA) is 60.2 Å². The number of nitrogens with zero attached hydrogens (tertiary/aromatic N) is 2. The largest absolute Gasteiger partial charge is 0.485 e. The lowest BCUT2D eigenvalue weighted by molar-refractivity contribution is 0.183. The van der Waals surface area contributed by atoms with Gasteiger partial charge in [0.05, 0.1) is 0 Å². The summed E-state index contributed by atoms with van der Waals surface area (Å²) in [6.45, 7) is 2.92. The fourth-order valence-electron chi connectivity index (χ4n) is 3.38. The number of benzene rings is 2. The third-order valence-electron chi connectivity index (χ3n) is 5.03. The summed E-state index contributed by atoms with van der Waals surface area (Å²) >= 11 is 0. The second kappa shape index (κ2) is 7.30. The summed E-state index contributed by atoms with van der Waals surface area (Å²) in [4.78, 5) is 4.13. The zero-order valence-electron chi connectivity index (χ0n) is 14.9. The second-order valence-electron chi connectivity index (χ2n) is 6.82. The quantitative estimate of drug-likeness (QED) is 0.695. The van der Waals surface area contributed by atoms with Crippen molar-refractivity contribution < 1.29 is 9.26 Å². The zero-order chi connectivity index (χ0) is 17.8. The molecule has 0 spiro atoms. The minimum absolute atomic E-state index is 0.132.